The molecule has 2 heterocycles. The van der Waals surface area contributed by atoms with E-state index in [1.54, 1.807) is 30.9 Å². The molecule has 0 aliphatic rings. The van der Waals surface area contributed by atoms with Crippen molar-refractivity contribution in [2.24, 2.45) is 0 Å². The van der Waals surface area contributed by atoms with Crippen molar-refractivity contribution in [3.8, 4) is 0 Å². The van der Waals surface area contributed by atoms with E-state index in [2.05, 4.69) is 24.7 Å². The summed E-state index contributed by atoms with van der Waals surface area (Å²) in [7, 11) is -3.89. The Labute approximate surface area is 150 Å². The van der Waals surface area contributed by atoms with E-state index < -0.39 is 22.0 Å². The maximum atomic E-state index is 12.2. The molecule has 3 aromatic rings. The molecular formula is C16H19N5O4S. The third-order valence-electron chi connectivity index (χ3n) is 3.31. The number of hydrogen-bond donors (Lipinski definition) is 4. The third-order valence-corrected chi connectivity index (χ3v) is 4.80. The van der Waals surface area contributed by atoms with Crippen molar-refractivity contribution in [3.05, 3.63) is 66.8 Å². The molecule has 2 aromatic heterocycles. The van der Waals surface area contributed by atoms with E-state index in [0.29, 0.717) is 5.69 Å². The Hall–Kier alpha value is -2.98. The van der Waals surface area contributed by atoms with Crippen LogP contribution < -0.4 is 4.72 Å². The van der Waals surface area contributed by atoms with E-state index in [0.717, 1.165) is 5.56 Å². The fourth-order valence-corrected chi connectivity index (χ4v) is 3.17. The van der Waals surface area contributed by atoms with E-state index in [-0.39, 0.29) is 11.3 Å². The number of nitrogens with zero attached hydrogens (tertiary/aromatic N) is 2. The highest BCUT2D eigenvalue weighted by atomic mass is 32.2. The molecule has 0 saturated heterocycles. The quantitative estimate of drug-likeness (QED) is 0.507. The Morgan fingerprint density at radius 1 is 1.23 bits per heavy atom. The van der Waals surface area contributed by atoms with E-state index in [1.807, 2.05) is 6.92 Å². The van der Waals surface area contributed by atoms with Crippen LogP contribution in [0, 0.1) is 6.92 Å². The first-order chi connectivity index (χ1) is 12.4. The molecule has 4 N–H and O–H groups in total. The molecule has 1 atom stereocenters. The van der Waals surface area contributed by atoms with Gasteiger partial charge < -0.3 is 15.1 Å². The molecule has 0 aliphatic heterocycles. The van der Waals surface area contributed by atoms with Crippen LogP contribution in [0.2, 0.25) is 0 Å². The second-order valence-electron chi connectivity index (χ2n) is 5.37. The number of H-pyrrole nitrogens is 2. The van der Waals surface area contributed by atoms with Crippen LogP contribution in [-0.4, -0.2) is 45.5 Å². The summed E-state index contributed by atoms with van der Waals surface area (Å²) in [6, 6.07) is 4.91. The molecule has 9 nitrogen and oxygen atoms in total. The lowest BCUT2D eigenvalue weighted by Gasteiger charge is -2.14. The molecule has 0 bridgehead atoms. The molecule has 10 heteroatoms. The van der Waals surface area contributed by atoms with Crippen LogP contribution in [0.25, 0.3) is 0 Å². The number of aromatic nitrogens is 4. The van der Waals surface area contributed by atoms with Gasteiger partial charge in [0.05, 0.1) is 17.6 Å². The summed E-state index contributed by atoms with van der Waals surface area (Å²) in [6.45, 7) is 1.84. The molecular weight excluding hydrogens is 358 g/mol. The second-order valence-corrected chi connectivity index (χ2v) is 7.08. The van der Waals surface area contributed by atoms with Gasteiger partial charge in [0.1, 0.15) is 6.04 Å². The highest BCUT2D eigenvalue weighted by Crippen LogP contribution is 2.11. The molecule has 0 spiro atoms. The normalized spacial score (nSPS) is 12.0. The number of carboxylic acid groups (broad SMARTS) is 1. The fourth-order valence-electron chi connectivity index (χ4n) is 1.98. The zero-order chi connectivity index (χ0) is 19.0. The van der Waals surface area contributed by atoms with E-state index in [4.69, 9.17) is 5.11 Å². The monoisotopic (exact) mass is 377 g/mol. The number of aromatic amines is 2. The lowest BCUT2D eigenvalue weighted by molar-refractivity contribution is -0.138. The summed E-state index contributed by atoms with van der Waals surface area (Å²) >= 11 is 0. The van der Waals surface area contributed by atoms with Crippen LogP contribution in [0.4, 0.5) is 0 Å². The first-order valence-corrected chi connectivity index (χ1v) is 9.08. The molecule has 0 radical (unpaired) electrons. The van der Waals surface area contributed by atoms with Crippen LogP contribution in [0.1, 0.15) is 11.3 Å². The number of hydrogen-bond acceptors (Lipinski definition) is 5. The van der Waals surface area contributed by atoms with Crippen molar-refractivity contribution >= 4 is 16.0 Å². The van der Waals surface area contributed by atoms with Gasteiger partial charge in [0, 0.05) is 30.7 Å². The van der Waals surface area contributed by atoms with Gasteiger partial charge in [-0.2, -0.15) is 4.72 Å². The molecule has 3 rings (SSSR count). The zero-order valence-electron chi connectivity index (χ0n) is 14.0. The van der Waals surface area contributed by atoms with Crippen molar-refractivity contribution in [2.75, 3.05) is 0 Å². The van der Waals surface area contributed by atoms with Gasteiger partial charge in [0.25, 0.3) is 0 Å². The van der Waals surface area contributed by atoms with Gasteiger partial charge in [-0.1, -0.05) is 17.7 Å². The first kappa shape index (κ1) is 19.3. The standard InChI is InChI=1S/C13H15N3O4S.C3H4N2/c1-9-2-4-11(5-3-9)21(19,20)16-12(13(17)18)6-10-7-14-8-15-10;1-2-5-3-4-1/h2-5,7-8,12,16H,6H2,1H3,(H,14,15)(H,17,18);1-3H,(H,4,5)/t12-;/m0./s1. The number of aliphatic carboxylic acids is 1. The SMILES string of the molecule is Cc1ccc(S(=O)(=O)N[C@@H](Cc2cnc[nH]2)C(=O)O)cc1.c1c[nH]cn1. The molecule has 0 aliphatic carbocycles. The fraction of sp³-hybridized carbons (Fsp3) is 0.188. The molecule has 138 valence electrons. The maximum absolute atomic E-state index is 12.2. The van der Waals surface area contributed by atoms with Crippen LogP contribution in [-0.2, 0) is 21.2 Å². The number of aryl methyl sites for hydroxylation is 1. The molecule has 0 saturated carbocycles. The maximum Gasteiger partial charge on any atom is 0.322 e. The van der Waals surface area contributed by atoms with Crippen molar-refractivity contribution in [3.63, 3.8) is 0 Å². The van der Waals surface area contributed by atoms with Gasteiger partial charge in [-0.3, -0.25) is 4.79 Å². The van der Waals surface area contributed by atoms with E-state index in [1.165, 1.54) is 24.7 Å². The highest BCUT2D eigenvalue weighted by molar-refractivity contribution is 7.89. The molecule has 0 unspecified atom stereocenters. The van der Waals surface area contributed by atoms with Gasteiger partial charge in [-0.15, -0.1) is 0 Å². The Kier molecular flexibility index (Phi) is 6.64. The summed E-state index contributed by atoms with van der Waals surface area (Å²) in [5.74, 6) is -1.25. The Morgan fingerprint density at radius 2 is 1.96 bits per heavy atom. The summed E-state index contributed by atoms with van der Waals surface area (Å²) in [5, 5.41) is 9.17. The van der Waals surface area contributed by atoms with Crippen molar-refractivity contribution in [1.82, 2.24) is 24.7 Å². The minimum Gasteiger partial charge on any atom is -0.480 e. The highest BCUT2D eigenvalue weighted by Gasteiger charge is 2.26. The smallest absolute Gasteiger partial charge is 0.322 e. The predicted octanol–water partition coefficient (Wildman–Crippen LogP) is 1.10. The lowest BCUT2D eigenvalue weighted by Crippen LogP contribution is -2.42. The second kappa shape index (κ2) is 8.92. The Balaban J connectivity index is 0.000000417. The minimum atomic E-state index is -3.89. The summed E-state index contributed by atoms with van der Waals surface area (Å²) in [6.07, 6.45) is 7.93. The Bertz CT molecular complexity index is 874. The third kappa shape index (κ3) is 5.83. The van der Waals surface area contributed by atoms with Gasteiger partial charge in [-0.05, 0) is 19.1 Å². The van der Waals surface area contributed by atoms with Crippen LogP contribution in [0.3, 0.4) is 0 Å². The lowest BCUT2D eigenvalue weighted by atomic mass is 10.2. The number of sulfonamides is 1. The average molecular weight is 377 g/mol. The van der Waals surface area contributed by atoms with Crippen LogP contribution >= 0.6 is 0 Å². The van der Waals surface area contributed by atoms with Gasteiger partial charge in [0.2, 0.25) is 10.0 Å². The van der Waals surface area contributed by atoms with Crippen molar-refractivity contribution < 1.29 is 18.3 Å². The Morgan fingerprint density at radius 3 is 2.42 bits per heavy atom. The number of rotatable bonds is 6. The summed E-state index contributed by atoms with van der Waals surface area (Å²) in [5.41, 5.74) is 1.45. The molecule has 26 heavy (non-hydrogen) atoms. The summed E-state index contributed by atoms with van der Waals surface area (Å²) < 4.78 is 26.6. The number of carbonyl (C=O) groups is 1. The molecule has 0 amide bonds. The number of imidazole rings is 2. The number of nitrogens with one attached hydrogen (secondary N) is 3. The van der Waals surface area contributed by atoms with Crippen molar-refractivity contribution in [1.29, 1.82) is 0 Å². The molecule has 0 fully saturated rings. The average Bonchev–Trinajstić information content (AvgIpc) is 3.31. The van der Waals surface area contributed by atoms with E-state index >= 15 is 0 Å². The largest absolute Gasteiger partial charge is 0.480 e. The number of carboxylic acids is 1. The topological polar surface area (TPSA) is 141 Å². The van der Waals surface area contributed by atoms with Gasteiger partial charge in [-0.25, -0.2) is 18.4 Å². The first-order valence-electron chi connectivity index (χ1n) is 7.60. The predicted molar refractivity (Wildman–Crippen MR) is 93.8 cm³/mol. The number of benzene rings is 1. The van der Waals surface area contributed by atoms with Crippen molar-refractivity contribution in [2.45, 2.75) is 24.3 Å². The zero-order valence-corrected chi connectivity index (χ0v) is 14.8. The summed E-state index contributed by atoms with van der Waals surface area (Å²) in [4.78, 5) is 24.2. The van der Waals surface area contributed by atoms with E-state index in [9.17, 15) is 13.2 Å². The van der Waals surface area contributed by atoms with Gasteiger partial charge >= 0.3 is 5.97 Å². The van der Waals surface area contributed by atoms with Crippen LogP contribution in [0.15, 0.2) is 60.4 Å². The minimum absolute atomic E-state index is 0.0135. The van der Waals surface area contributed by atoms with Crippen LogP contribution in [0.5, 0.6) is 0 Å². The molecule has 1 aromatic carbocycles. The van der Waals surface area contributed by atoms with Gasteiger partial charge in [0.15, 0.2) is 0 Å².